The highest BCUT2D eigenvalue weighted by molar-refractivity contribution is 6.36. The molecule has 3 rings (SSSR count). The number of hydrogen-bond acceptors (Lipinski definition) is 5. The third kappa shape index (κ3) is 4.69. The maximum Gasteiger partial charge on any atom is 0.280 e. The van der Waals surface area contributed by atoms with Crippen LogP contribution in [0.3, 0.4) is 0 Å². The van der Waals surface area contributed by atoms with Crippen molar-refractivity contribution in [2.45, 2.75) is 6.92 Å². The number of benzene rings is 2. The maximum absolute atomic E-state index is 12.4. The third-order valence-corrected chi connectivity index (χ3v) is 4.62. The van der Waals surface area contributed by atoms with Crippen LogP contribution in [0.15, 0.2) is 58.5 Å². The van der Waals surface area contributed by atoms with E-state index in [9.17, 15) is 20.2 Å². The van der Waals surface area contributed by atoms with Crippen molar-refractivity contribution in [3.05, 3.63) is 85.6 Å². The van der Waals surface area contributed by atoms with Crippen LogP contribution in [0.2, 0.25) is 10.0 Å². The number of furan rings is 1. The van der Waals surface area contributed by atoms with E-state index < -0.39 is 10.8 Å². The minimum absolute atomic E-state index is 0.101. The summed E-state index contributed by atoms with van der Waals surface area (Å²) >= 11 is 11.9. The van der Waals surface area contributed by atoms with Gasteiger partial charge in [0.1, 0.15) is 23.2 Å². The number of rotatable bonds is 5. The van der Waals surface area contributed by atoms with Gasteiger partial charge < -0.3 is 9.73 Å². The standard InChI is InChI=1S/C21H13Cl2N3O4/c1-12-2-5-16(19(8-12)26(28)29)20-7-4-15(30-20)9-13(11-24)21(27)25-18-6-3-14(22)10-17(18)23/h2-10H,1H3,(H,25,27)/b13-9+. The Morgan fingerprint density at radius 2 is 1.97 bits per heavy atom. The number of aryl methyl sites for hydroxylation is 1. The Hall–Kier alpha value is -3.60. The van der Waals surface area contributed by atoms with E-state index >= 15 is 0 Å². The van der Waals surface area contributed by atoms with Crippen molar-refractivity contribution >= 4 is 46.6 Å². The van der Waals surface area contributed by atoms with Gasteiger partial charge >= 0.3 is 0 Å². The molecule has 150 valence electrons. The van der Waals surface area contributed by atoms with Gasteiger partial charge in [-0.15, -0.1) is 0 Å². The van der Waals surface area contributed by atoms with Crippen LogP contribution < -0.4 is 5.32 Å². The molecule has 1 amide bonds. The predicted molar refractivity (Wildman–Crippen MR) is 114 cm³/mol. The highest BCUT2D eigenvalue weighted by atomic mass is 35.5. The van der Waals surface area contributed by atoms with Crippen LogP contribution in [-0.2, 0) is 4.79 Å². The minimum atomic E-state index is -0.694. The van der Waals surface area contributed by atoms with Crippen LogP contribution in [0.1, 0.15) is 11.3 Å². The van der Waals surface area contributed by atoms with Crippen molar-refractivity contribution in [2.24, 2.45) is 0 Å². The van der Waals surface area contributed by atoms with Crippen LogP contribution in [0.4, 0.5) is 11.4 Å². The zero-order chi connectivity index (χ0) is 21.8. The van der Waals surface area contributed by atoms with Crippen molar-refractivity contribution in [3.8, 4) is 17.4 Å². The lowest BCUT2D eigenvalue weighted by molar-refractivity contribution is -0.384. The minimum Gasteiger partial charge on any atom is -0.456 e. The Kier molecular flexibility index (Phi) is 6.21. The van der Waals surface area contributed by atoms with Crippen LogP contribution in [0.25, 0.3) is 17.4 Å². The fourth-order valence-corrected chi connectivity index (χ4v) is 3.10. The van der Waals surface area contributed by atoms with Gasteiger partial charge in [-0.3, -0.25) is 14.9 Å². The lowest BCUT2D eigenvalue weighted by Crippen LogP contribution is -2.13. The fraction of sp³-hybridized carbons (Fsp3) is 0.0476. The Bertz CT molecular complexity index is 1230. The number of anilines is 1. The summed E-state index contributed by atoms with van der Waals surface area (Å²) in [4.78, 5) is 23.2. The second kappa shape index (κ2) is 8.82. The molecule has 0 fully saturated rings. The summed E-state index contributed by atoms with van der Waals surface area (Å²) in [5, 5.41) is 23.8. The normalized spacial score (nSPS) is 11.1. The average molecular weight is 442 g/mol. The summed E-state index contributed by atoms with van der Waals surface area (Å²) < 4.78 is 5.62. The molecule has 1 aromatic heterocycles. The molecule has 3 aromatic rings. The number of carbonyl (C=O) groups is 1. The smallest absolute Gasteiger partial charge is 0.280 e. The highest BCUT2D eigenvalue weighted by Crippen LogP contribution is 2.32. The molecule has 0 aliphatic rings. The summed E-state index contributed by atoms with van der Waals surface area (Å²) in [6.45, 7) is 1.75. The van der Waals surface area contributed by atoms with Crippen molar-refractivity contribution in [3.63, 3.8) is 0 Å². The molecule has 0 aliphatic heterocycles. The Labute approximate surface area is 181 Å². The van der Waals surface area contributed by atoms with E-state index in [1.807, 2.05) is 0 Å². The zero-order valence-corrected chi connectivity index (χ0v) is 17.0. The number of hydrogen-bond donors (Lipinski definition) is 1. The largest absolute Gasteiger partial charge is 0.456 e. The molecule has 30 heavy (non-hydrogen) atoms. The molecular formula is C21H13Cl2N3O4. The monoisotopic (exact) mass is 441 g/mol. The van der Waals surface area contributed by atoms with E-state index in [1.54, 1.807) is 31.2 Å². The fourth-order valence-electron chi connectivity index (χ4n) is 2.65. The topological polar surface area (TPSA) is 109 Å². The first-order valence-corrected chi connectivity index (χ1v) is 9.27. The van der Waals surface area contributed by atoms with Crippen LogP contribution in [0, 0.1) is 28.4 Å². The van der Waals surface area contributed by atoms with Crippen molar-refractivity contribution in [1.82, 2.24) is 0 Å². The summed E-state index contributed by atoms with van der Waals surface area (Å²) in [5.74, 6) is -0.263. The molecule has 0 saturated heterocycles. The number of carbonyl (C=O) groups excluding carboxylic acids is 1. The molecule has 0 aliphatic carbocycles. The summed E-state index contributed by atoms with van der Waals surface area (Å²) in [6, 6.07) is 14.1. The van der Waals surface area contributed by atoms with E-state index in [0.717, 1.165) is 5.56 Å². The highest BCUT2D eigenvalue weighted by Gasteiger charge is 2.19. The van der Waals surface area contributed by atoms with E-state index in [2.05, 4.69) is 5.32 Å². The molecular weight excluding hydrogens is 429 g/mol. The average Bonchev–Trinajstić information content (AvgIpc) is 3.16. The molecule has 7 nitrogen and oxygen atoms in total. The lowest BCUT2D eigenvalue weighted by atomic mass is 10.1. The second-order valence-corrected chi connectivity index (χ2v) is 7.07. The van der Waals surface area contributed by atoms with Gasteiger partial charge in [-0.1, -0.05) is 29.3 Å². The first-order valence-electron chi connectivity index (χ1n) is 8.52. The van der Waals surface area contributed by atoms with Crippen LogP contribution in [-0.4, -0.2) is 10.8 Å². The van der Waals surface area contributed by atoms with E-state index in [0.29, 0.717) is 16.3 Å². The SMILES string of the molecule is Cc1ccc(-c2ccc(/C=C(\C#N)C(=O)Nc3ccc(Cl)cc3Cl)o2)c([N+](=O)[O-])c1. The number of nitriles is 1. The van der Waals surface area contributed by atoms with Gasteiger partial charge in [-0.25, -0.2) is 0 Å². The van der Waals surface area contributed by atoms with Gasteiger partial charge in [0, 0.05) is 17.2 Å². The van der Waals surface area contributed by atoms with Gasteiger partial charge in [0.05, 0.1) is 21.2 Å². The van der Waals surface area contributed by atoms with Gasteiger partial charge in [0.25, 0.3) is 11.6 Å². The number of amides is 1. The first kappa shape index (κ1) is 21.1. The molecule has 1 N–H and O–H groups in total. The summed E-state index contributed by atoms with van der Waals surface area (Å²) in [6.07, 6.45) is 1.24. The van der Waals surface area contributed by atoms with Crippen molar-refractivity contribution in [2.75, 3.05) is 5.32 Å². The van der Waals surface area contributed by atoms with E-state index in [1.165, 1.54) is 36.4 Å². The Morgan fingerprint density at radius 3 is 2.63 bits per heavy atom. The van der Waals surface area contributed by atoms with E-state index in [-0.39, 0.29) is 27.8 Å². The Balaban J connectivity index is 1.88. The molecule has 0 bridgehead atoms. The van der Waals surface area contributed by atoms with Gasteiger partial charge in [-0.05, 0) is 48.9 Å². The Morgan fingerprint density at radius 1 is 1.20 bits per heavy atom. The van der Waals surface area contributed by atoms with Gasteiger partial charge in [0.15, 0.2) is 0 Å². The van der Waals surface area contributed by atoms with Crippen LogP contribution in [0.5, 0.6) is 0 Å². The number of nitrogens with zero attached hydrogens (tertiary/aromatic N) is 2. The predicted octanol–water partition coefficient (Wildman–Crippen LogP) is 6.02. The molecule has 9 heteroatoms. The summed E-state index contributed by atoms with van der Waals surface area (Å²) in [7, 11) is 0. The molecule has 0 atom stereocenters. The zero-order valence-electron chi connectivity index (χ0n) is 15.5. The quantitative estimate of drug-likeness (QED) is 0.225. The molecule has 2 aromatic carbocycles. The number of nitro benzene ring substituents is 1. The van der Waals surface area contributed by atoms with Crippen LogP contribution >= 0.6 is 23.2 Å². The molecule has 0 unspecified atom stereocenters. The van der Waals surface area contributed by atoms with Crippen molar-refractivity contribution in [1.29, 1.82) is 5.26 Å². The second-order valence-electron chi connectivity index (χ2n) is 6.23. The number of nitrogens with one attached hydrogen (secondary N) is 1. The third-order valence-electron chi connectivity index (χ3n) is 4.07. The number of nitro groups is 1. The molecule has 0 spiro atoms. The van der Waals surface area contributed by atoms with Gasteiger partial charge in [-0.2, -0.15) is 5.26 Å². The maximum atomic E-state index is 12.4. The molecule has 0 saturated carbocycles. The van der Waals surface area contributed by atoms with Gasteiger partial charge in [0.2, 0.25) is 0 Å². The first-order chi connectivity index (χ1) is 14.3. The summed E-state index contributed by atoms with van der Waals surface area (Å²) in [5.41, 5.74) is 0.987. The number of halogens is 2. The van der Waals surface area contributed by atoms with Crippen molar-refractivity contribution < 1.29 is 14.1 Å². The molecule has 1 heterocycles. The molecule has 0 radical (unpaired) electrons. The lowest BCUT2D eigenvalue weighted by Gasteiger charge is -2.06. The van der Waals surface area contributed by atoms with E-state index in [4.69, 9.17) is 27.6 Å².